The lowest BCUT2D eigenvalue weighted by atomic mass is 9.97. The van der Waals surface area contributed by atoms with Crippen LogP contribution in [0.2, 0.25) is 0 Å². The molecule has 4 rings (SSSR count). The summed E-state index contributed by atoms with van der Waals surface area (Å²) in [5.74, 6) is 0.343. The van der Waals surface area contributed by atoms with Gasteiger partial charge in [-0.05, 0) is 72.5 Å². The van der Waals surface area contributed by atoms with Crippen LogP contribution in [0, 0.1) is 0 Å². The largest absolute Gasteiger partial charge is 0.494 e. The van der Waals surface area contributed by atoms with E-state index in [1.807, 2.05) is 19.1 Å². The third kappa shape index (κ3) is 5.79. The summed E-state index contributed by atoms with van der Waals surface area (Å²) in [6.45, 7) is 3.75. The van der Waals surface area contributed by atoms with Gasteiger partial charge < -0.3 is 20.1 Å². The fraction of sp³-hybridized carbons (Fsp3) is 0.259. The molecule has 2 amide bonds. The maximum Gasteiger partial charge on any atom is 0.255 e. The molecule has 1 aliphatic rings. The molecule has 6 heteroatoms. The molecule has 0 radical (unpaired) electrons. The zero-order chi connectivity index (χ0) is 23.0. The number of rotatable bonds is 8. The smallest absolute Gasteiger partial charge is 0.255 e. The summed E-state index contributed by atoms with van der Waals surface area (Å²) in [6, 6.07) is 22.0. The Morgan fingerprint density at radius 1 is 0.939 bits per heavy atom. The summed E-state index contributed by atoms with van der Waals surface area (Å²) in [5, 5.41) is 5.80. The van der Waals surface area contributed by atoms with Crippen LogP contribution in [-0.2, 0) is 11.2 Å². The summed E-state index contributed by atoms with van der Waals surface area (Å²) in [4.78, 5) is 25.1. The number of carbonyl (C=O) groups excluding carboxylic acids is 2. The molecule has 1 heterocycles. The van der Waals surface area contributed by atoms with E-state index in [2.05, 4.69) is 22.8 Å². The Labute approximate surface area is 193 Å². The van der Waals surface area contributed by atoms with Crippen molar-refractivity contribution in [1.29, 1.82) is 0 Å². The number of carbonyl (C=O) groups is 2. The van der Waals surface area contributed by atoms with Crippen molar-refractivity contribution in [2.45, 2.75) is 25.9 Å². The van der Waals surface area contributed by atoms with Crippen LogP contribution in [0.3, 0.4) is 0 Å². The average Bonchev–Trinajstić information content (AvgIpc) is 2.86. The van der Waals surface area contributed by atoms with Gasteiger partial charge in [-0.25, -0.2) is 0 Å². The highest BCUT2D eigenvalue weighted by molar-refractivity contribution is 6.04. The first kappa shape index (κ1) is 22.6. The van der Waals surface area contributed by atoms with Gasteiger partial charge >= 0.3 is 0 Å². The zero-order valence-electron chi connectivity index (χ0n) is 18.7. The third-order valence-corrected chi connectivity index (χ3v) is 5.53. The first-order valence-electron chi connectivity index (χ1n) is 11.3. The highest BCUT2D eigenvalue weighted by Gasteiger charge is 2.21. The Morgan fingerprint density at radius 3 is 2.39 bits per heavy atom. The number of nitrogens with one attached hydrogen (secondary N) is 2. The molecule has 6 nitrogen and oxygen atoms in total. The Balaban J connectivity index is 1.31. The molecule has 2 N–H and O–H groups in total. The molecule has 33 heavy (non-hydrogen) atoms. The number of ether oxygens (including phenoxy) is 2. The van der Waals surface area contributed by atoms with Gasteiger partial charge in [-0.1, -0.05) is 31.2 Å². The maximum atomic E-state index is 12.6. The Bertz CT molecular complexity index is 1090. The van der Waals surface area contributed by atoms with Crippen molar-refractivity contribution in [2.75, 3.05) is 25.1 Å². The van der Waals surface area contributed by atoms with Crippen molar-refractivity contribution in [1.82, 2.24) is 5.32 Å². The van der Waals surface area contributed by atoms with E-state index in [0.717, 1.165) is 24.2 Å². The molecular weight excluding hydrogens is 416 g/mol. The number of hydrogen-bond donors (Lipinski definition) is 2. The van der Waals surface area contributed by atoms with Crippen LogP contribution < -0.4 is 15.4 Å². The second-order valence-corrected chi connectivity index (χ2v) is 7.92. The lowest BCUT2D eigenvalue weighted by Crippen LogP contribution is -2.31. The van der Waals surface area contributed by atoms with Crippen LogP contribution in [0.25, 0.3) is 0 Å². The molecule has 1 unspecified atom stereocenters. The Morgan fingerprint density at radius 2 is 1.64 bits per heavy atom. The van der Waals surface area contributed by atoms with E-state index in [1.165, 1.54) is 5.56 Å². The van der Waals surface area contributed by atoms with Gasteiger partial charge in [0.1, 0.15) is 11.9 Å². The van der Waals surface area contributed by atoms with Crippen molar-refractivity contribution >= 4 is 17.5 Å². The van der Waals surface area contributed by atoms with Gasteiger partial charge in [0.05, 0.1) is 13.2 Å². The summed E-state index contributed by atoms with van der Waals surface area (Å²) in [7, 11) is 0. The summed E-state index contributed by atoms with van der Waals surface area (Å²) < 4.78 is 11.4. The van der Waals surface area contributed by atoms with Gasteiger partial charge in [-0.3, -0.25) is 9.59 Å². The maximum absolute atomic E-state index is 12.6. The molecule has 3 aromatic carbocycles. The van der Waals surface area contributed by atoms with Crippen LogP contribution in [0.4, 0.5) is 5.69 Å². The van der Waals surface area contributed by atoms with Gasteiger partial charge in [0.15, 0.2) is 0 Å². The molecule has 3 aromatic rings. The summed E-state index contributed by atoms with van der Waals surface area (Å²) in [6.07, 6.45) is 1.68. The van der Waals surface area contributed by atoms with Gasteiger partial charge in [-0.2, -0.15) is 0 Å². The molecule has 1 atom stereocenters. The van der Waals surface area contributed by atoms with Crippen molar-refractivity contribution in [3.8, 4) is 5.75 Å². The molecule has 170 valence electrons. The number of fused-ring (bicyclic) bond motifs is 1. The number of amides is 2. The van der Waals surface area contributed by atoms with E-state index < -0.39 is 0 Å². The quantitative estimate of drug-likeness (QED) is 0.525. The highest BCUT2D eigenvalue weighted by Crippen LogP contribution is 2.26. The zero-order valence-corrected chi connectivity index (χ0v) is 18.7. The first-order valence-corrected chi connectivity index (χ1v) is 11.3. The molecule has 0 aliphatic carbocycles. The predicted molar refractivity (Wildman–Crippen MR) is 128 cm³/mol. The molecule has 1 aliphatic heterocycles. The summed E-state index contributed by atoms with van der Waals surface area (Å²) in [5.41, 5.74) is 4.08. The molecule has 0 fully saturated rings. The second-order valence-electron chi connectivity index (χ2n) is 7.92. The molecule has 0 saturated heterocycles. The minimum absolute atomic E-state index is 0.142. The van der Waals surface area contributed by atoms with E-state index in [1.54, 1.807) is 48.5 Å². The van der Waals surface area contributed by atoms with Gasteiger partial charge in [0.25, 0.3) is 11.8 Å². The highest BCUT2D eigenvalue weighted by atomic mass is 16.5. The van der Waals surface area contributed by atoms with E-state index in [-0.39, 0.29) is 17.9 Å². The number of benzene rings is 3. The van der Waals surface area contributed by atoms with E-state index in [4.69, 9.17) is 9.47 Å². The number of hydrogen-bond acceptors (Lipinski definition) is 4. The second kappa shape index (κ2) is 10.8. The minimum atomic E-state index is -0.220. The average molecular weight is 445 g/mol. The standard InChI is InChI=1S/C27H28N2O4/c1-2-16-32-23-13-9-21(10-14-23)27(31)29-22-11-7-20(8-12-22)26(30)28-18-25-24-6-4-3-5-19(24)15-17-33-25/h3-14,25H,2,15-18H2,1H3,(H,28,30)(H,29,31). The predicted octanol–water partition coefficient (Wildman–Crippen LogP) is 4.77. The van der Waals surface area contributed by atoms with Crippen LogP contribution in [0.5, 0.6) is 5.75 Å². The molecule has 0 saturated carbocycles. The third-order valence-electron chi connectivity index (χ3n) is 5.53. The molecule has 0 spiro atoms. The van der Waals surface area contributed by atoms with Crippen molar-refractivity contribution in [3.63, 3.8) is 0 Å². The topological polar surface area (TPSA) is 76.7 Å². The fourth-order valence-corrected chi connectivity index (χ4v) is 3.76. The first-order chi connectivity index (χ1) is 16.1. The van der Waals surface area contributed by atoms with Crippen LogP contribution >= 0.6 is 0 Å². The fourth-order valence-electron chi connectivity index (χ4n) is 3.76. The normalized spacial score (nSPS) is 14.8. The summed E-state index contributed by atoms with van der Waals surface area (Å²) >= 11 is 0. The van der Waals surface area contributed by atoms with E-state index in [0.29, 0.717) is 36.6 Å². The van der Waals surface area contributed by atoms with Crippen LogP contribution in [-0.4, -0.2) is 31.6 Å². The van der Waals surface area contributed by atoms with E-state index in [9.17, 15) is 9.59 Å². The van der Waals surface area contributed by atoms with Gasteiger partial charge in [0.2, 0.25) is 0 Å². The van der Waals surface area contributed by atoms with Gasteiger partial charge in [0, 0.05) is 23.4 Å². The molecular formula is C27H28N2O4. The Hall–Kier alpha value is -3.64. The molecule has 0 aromatic heterocycles. The van der Waals surface area contributed by atoms with Crippen molar-refractivity contribution in [3.05, 3.63) is 95.1 Å². The lowest BCUT2D eigenvalue weighted by molar-refractivity contribution is 0.0411. The van der Waals surface area contributed by atoms with Crippen LogP contribution in [0.15, 0.2) is 72.8 Å². The van der Waals surface area contributed by atoms with E-state index >= 15 is 0 Å². The minimum Gasteiger partial charge on any atom is -0.494 e. The molecule has 0 bridgehead atoms. The monoisotopic (exact) mass is 444 g/mol. The lowest BCUT2D eigenvalue weighted by Gasteiger charge is -2.26. The van der Waals surface area contributed by atoms with Crippen LogP contribution in [0.1, 0.15) is 51.3 Å². The van der Waals surface area contributed by atoms with Gasteiger partial charge in [-0.15, -0.1) is 0 Å². The van der Waals surface area contributed by atoms with Crippen molar-refractivity contribution < 1.29 is 19.1 Å². The SMILES string of the molecule is CCCOc1ccc(C(=O)Nc2ccc(C(=O)NCC3OCCc4ccccc43)cc2)cc1. The van der Waals surface area contributed by atoms with Crippen molar-refractivity contribution in [2.24, 2.45) is 0 Å². The number of anilines is 1. The Kier molecular flexibility index (Phi) is 7.37.